The topological polar surface area (TPSA) is 78.1 Å². The van der Waals surface area contributed by atoms with Crippen molar-refractivity contribution in [1.29, 1.82) is 0 Å². The maximum atomic E-state index is 5.79. The van der Waals surface area contributed by atoms with Gasteiger partial charge in [-0.2, -0.15) is 0 Å². The van der Waals surface area contributed by atoms with Crippen molar-refractivity contribution < 1.29 is 0 Å². The average molecular weight is 169 g/mol. The number of hydrogen-bond donors (Lipinski definition) is 3. The minimum absolute atomic E-state index is 0.0996. The van der Waals surface area contributed by atoms with E-state index in [9.17, 15) is 0 Å². The molecule has 0 aromatic carbocycles. The van der Waals surface area contributed by atoms with Crippen molar-refractivity contribution in [2.24, 2.45) is 17.2 Å². The molecule has 3 heteroatoms. The van der Waals surface area contributed by atoms with E-state index in [1.54, 1.807) is 12.2 Å². The van der Waals surface area contributed by atoms with Crippen LogP contribution >= 0.6 is 0 Å². The summed E-state index contributed by atoms with van der Waals surface area (Å²) in [6.07, 6.45) is 4.91. The van der Waals surface area contributed by atoms with E-state index in [0.29, 0.717) is 12.8 Å². The first-order valence-electron chi connectivity index (χ1n) is 4.12. The van der Waals surface area contributed by atoms with E-state index in [1.165, 1.54) is 0 Å². The highest BCUT2D eigenvalue weighted by Crippen LogP contribution is 2.01. The Hall–Kier alpha value is -0.640. The average Bonchev–Trinajstić information content (AvgIpc) is 2.04. The molecule has 0 heterocycles. The minimum atomic E-state index is -0.180. The van der Waals surface area contributed by atoms with E-state index in [0.717, 1.165) is 0 Å². The smallest absolute Gasteiger partial charge is 0.0352 e. The maximum absolute atomic E-state index is 5.79. The first kappa shape index (κ1) is 11.4. The molecule has 0 saturated heterocycles. The van der Waals surface area contributed by atoms with Gasteiger partial charge >= 0.3 is 0 Å². The summed E-state index contributed by atoms with van der Waals surface area (Å²) >= 11 is 0. The summed E-state index contributed by atoms with van der Waals surface area (Å²) in [5, 5.41) is 0. The van der Waals surface area contributed by atoms with Gasteiger partial charge in [0.15, 0.2) is 0 Å². The lowest BCUT2D eigenvalue weighted by Crippen LogP contribution is -2.52. The fourth-order valence-corrected chi connectivity index (χ4v) is 1.02. The van der Waals surface area contributed by atoms with Crippen molar-refractivity contribution in [3.8, 4) is 0 Å². The zero-order valence-electron chi connectivity index (χ0n) is 7.45. The Morgan fingerprint density at radius 3 is 1.50 bits per heavy atom. The van der Waals surface area contributed by atoms with Crippen molar-refractivity contribution in [2.75, 3.05) is 0 Å². The molecule has 0 spiro atoms. The number of nitrogens with two attached hydrogens (primary N) is 3. The fourth-order valence-electron chi connectivity index (χ4n) is 1.02. The molecule has 70 valence electrons. The largest absolute Gasteiger partial charge is 0.326 e. The van der Waals surface area contributed by atoms with Crippen LogP contribution in [0.15, 0.2) is 25.3 Å². The Balaban J connectivity index is 3.88. The molecule has 0 aliphatic heterocycles. The van der Waals surface area contributed by atoms with Crippen LogP contribution in [0.1, 0.15) is 12.8 Å². The Kier molecular flexibility index (Phi) is 5.62. The maximum Gasteiger partial charge on any atom is 0.0352 e. The highest BCUT2D eigenvalue weighted by molar-refractivity contribution is 4.92. The predicted octanol–water partition coefficient (Wildman–Crippen LogP) is 0.121. The first-order chi connectivity index (χ1) is 5.63. The molecule has 2 unspecified atom stereocenters. The molecule has 0 fully saturated rings. The van der Waals surface area contributed by atoms with Gasteiger partial charge in [0, 0.05) is 18.1 Å². The molecule has 0 aromatic rings. The fraction of sp³-hybridized carbons (Fsp3) is 0.556. The van der Waals surface area contributed by atoms with Crippen molar-refractivity contribution in [3.05, 3.63) is 25.3 Å². The van der Waals surface area contributed by atoms with Crippen LogP contribution in [-0.2, 0) is 0 Å². The lowest BCUT2D eigenvalue weighted by atomic mass is 9.97. The van der Waals surface area contributed by atoms with Gasteiger partial charge in [0.05, 0.1) is 0 Å². The third-order valence-electron chi connectivity index (χ3n) is 1.87. The summed E-state index contributed by atoms with van der Waals surface area (Å²) in [6.45, 7) is 7.18. The van der Waals surface area contributed by atoms with Crippen molar-refractivity contribution in [1.82, 2.24) is 0 Å². The quantitative estimate of drug-likeness (QED) is 0.494. The Bertz CT molecular complexity index is 129. The van der Waals surface area contributed by atoms with E-state index in [1.807, 2.05) is 0 Å². The molecule has 0 aliphatic rings. The molecule has 0 aliphatic carbocycles. The summed E-state index contributed by atoms with van der Waals surface area (Å²) in [5.74, 6) is 0. The lowest BCUT2D eigenvalue weighted by molar-refractivity contribution is 0.446. The molecule has 2 atom stereocenters. The Morgan fingerprint density at radius 1 is 0.917 bits per heavy atom. The van der Waals surface area contributed by atoms with Gasteiger partial charge in [0.1, 0.15) is 0 Å². The van der Waals surface area contributed by atoms with E-state index in [2.05, 4.69) is 13.2 Å². The summed E-state index contributed by atoms with van der Waals surface area (Å²) in [4.78, 5) is 0. The van der Waals surface area contributed by atoms with Crippen molar-refractivity contribution >= 4 is 0 Å². The molecule has 0 radical (unpaired) electrons. The number of rotatable bonds is 6. The van der Waals surface area contributed by atoms with Crippen LogP contribution in [0, 0.1) is 0 Å². The van der Waals surface area contributed by atoms with Crippen LogP contribution in [0.2, 0.25) is 0 Å². The first-order valence-corrected chi connectivity index (χ1v) is 4.12. The zero-order valence-corrected chi connectivity index (χ0v) is 7.45. The minimum Gasteiger partial charge on any atom is -0.326 e. The summed E-state index contributed by atoms with van der Waals surface area (Å²) < 4.78 is 0. The van der Waals surface area contributed by atoms with E-state index in [-0.39, 0.29) is 18.1 Å². The normalized spacial score (nSPS) is 17.9. The molecule has 0 aromatic heterocycles. The number of hydrogen-bond acceptors (Lipinski definition) is 3. The molecule has 0 bridgehead atoms. The van der Waals surface area contributed by atoms with E-state index < -0.39 is 0 Å². The molecule has 6 N–H and O–H groups in total. The molecular weight excluding hydrogens is 150 g/mol. The third kappa shape index (κ3) is 3.67. The van der Waals surface area contributed by atoms with Gasteiger partial charge in [-0.05, 0) is 12.8 Å². The second-order valence-corrected chi connectivity index (χ2v) is 2.95. The Labute approximate surface area is 74.3 Å². The summed E-state index contributed by atoms with van der Waals surface area (Å²) in [5.41, 5.74) is 17.3. The SMILES string of the molecule is C=CCC(N)C(N)C(N)CC=C. The second kappa shape index (κ2) is 5.94. The molecule has 3 nitrogen and oxygen atoms in total. The van der Waals surface area contributed by atoms with Gasteiger partial charge < -0.3 is 17.2 Å². The highest BCUT2D eigenvalue weighted by atomic mass is 14.8. The predicted molar refractivity (Wildman–Crippen MR) is 53.6 cm³/mol. The van der Waals surface area contributed by atoms with Crippen LogP contribution in [0.4, 0.5) is 0 Å². The monoisotopic (exact) mass is 169 g/mol. The van der Waals surface area contributed by atoms with Crippen molar-refractivity contribution in [3.63, 3.8) is 0 Å². The molecule has 0 amide bonds. The standard InChI is InChI=1S/C9H19N3/c1-3-5-7(10)9(12)8(11)6-4-2/h3-4,7-9H,1-2,5-6,10-12H2. The summed E-state index contributed by atoms with van der Waals surface area (Å²) in [6, 6.07) is -0.379. The van der Waals surface area contributed by atoms with Gasteiger partial charge in [-0.15, -0.1) is 13.2 Å². The van der Waals surface area contributed by atoms with E-state index >= 15 is 0 Å². The zero-order chi connectivity index (χ0) is 9.56. The highest BCUT2D eigenvalue weighted by Gasteiger charge is 2.17. The second-order valence-electron chi connectivity index (χ2n) is 2.95. The molecule has 0 rings (SSSR count). The summed E-state index contributed by atoms with van der Waals surface area (Å²) in [7, 11) is 0. The van der Waals surface area contributed by atoms with Crippen molar-refractivity contribution in [2.45, 2.75) is 31.0 Å². The van der Waals surface area contributed by atoms with Crippen LogP contribution in [-0.4, -0.2) is 18.1 Å². The van der Waals surface area contributed by atoms with Gasteiger partial charge in [0.2, 0.25) is 0 Å². The molecule has 0 saturated carbocycles. The van der Waals surface area contributed by atoms with Crippen LogP contribution in [0.5, 0.6) is 0 Å². The van der Waals surface area contributed by atoms with Gasteiger partial charge in [-0.25, -0.2) is 0 Å². The van der Waals surface area contributed by atoms with E-state index in [4.69, 9.17) is 17.2 Å². The van der Waals surface area contributed by atoms with Crippen LogP contribution in [0.3, 0.4) is 0 Å². The van der Waals surface area contributed by atoms with Crippen LogP contribution < -0.4 is 17.2 Å². The van der Waals surface area contributed by atoms with Gasteiger partial charge in [0.25, 0.3) is 0 Å². The lowest BCUT2D eigenvalue weighted by Gasteiger charge is -2.23. The van der Waals surface area contributed by atoms with Gasteiger partial charge in [-0.3, -0.25) is 0 Å². The third-order valence-corrected chi connectivity index (χ3v) is 1.87. The molecule has 12 heavy (non-hydrogen) atoms. The Morgan fingerprint density at radius 2 is 1.25 bits per heavy atom. The van der Waals surface area contributed by atoms with Gasteiger partial charge in [-0.1, -0.05) is 12.2 Å². The van der Waals surface area contributed by atoms with Crippen LogP contribution in [0.25, 0.3) is 0 Å². The molecular formula is C9H19N3.